The lowest BCUT2D eigenvalue weighted by molar-refractivity contribution is -0.121. The van der Waals surface area contributed by atoms with Crippen LogP contribution in [0.3, 0.4) is 0 Å². The van der Waals surface area contributed by atoms with Crippen LogP contribution in [0.4, 0.5) is 5.69 Å². The van der Waals surface area contributed by atoms with Crippen LogP contribution in [0.5, 0.6) is 5.75 Å². The minimum Gasteiger partial charge on any atom is -0.482 e. The van der Waals surface area contributed by atoms with E-state index in [0.29, 0.717) is 33.8 Å². The second-order valence-corrected chi connectivity index (χ2v) is 8.66. The fourth-order valence-corrected chi connectivity index (χ4v) is 5.03. The Morgan fingerprint density at radius 3 is 2.73 bits per heavy atom. The van der Waals surface area contributed by atoms with Crippen LogP contribution in [0.25, 0.3) is 21.3 Å². The second kappa shape index (κ2) is 8.29. The number of nitrogens with zero attached hydrogens (tertiary/aromatic N) is 3. The zero-order valence-corrected chi connectivity index (χ0v) is 19.0. The predicted octanol–water partition coefficient (Wildman–Crippen LogP) is 4.31. The van der Waals surface area contributed by atoms with Gasteiger partial charge in [0.25, 0.3) is 11.5 Å². The van der Waals surface area contributed by atoms with E-state index in [1.807, 2.05) is 42.6 Å². The predicted molar refractivity (Wildman–Crippen MR) is 128 cm³/mol. The average molecular weight is 460 g/mol. The third-order valence-corrected chi connectivity index (χ3v) is 6.79. The van der Waals surface area contributed by atoms with E-state index in [0.717, 1.165) is 11.1 Å². The number of ether oxygens (including phenoxy) is 1. The molecule has 0 N–H and O–H groups in total. The highest BCUT2D eigenvalue weighted by atomic mass is 32.1. The molecule has 0 saturated carbocycles. The van der Waals surface area contributed by atoms with Crippen LogP contribution in [0.2, 0.25) is 0 Å². The smallest absolute Gasteiger partial charge is 0.265 e. The van der Waals surface area contributed by atoms with Gasteiger partial charge in [-0.1, -0.05) is 30.3 Å². The number of ketones is 1. The molecule has 166 valence electrons. The van der Waals surface area contributed by atoms with Gasteiger partial charge in [-0.25, -0.2) is 4.98 Å². The number of likely N-dealkylation sites (N-methyl/N-ethyl adjacent to an activating group) is 1. The molecule has 1 atom stereocenters. The van der Waals surface area contributed by atoms with Crippen LogP contribution in [0.15, 0.2) is 65.0 Å². The van der Waals surface area contributed by atoms with Gasteiger partial charge < -0.3 is 9.64 Å². The Kier molecular flexibility index (Phi) is 5.30. The van der Waals surface area contributed by atoms with Crippen LogP contribution in [0.1, 0.15) is 30.2 Å². The third kappa shape index (κ3) is 3.52. The van der Waals surface area contributed by atoms with Gasteiger partial charge in [-0.15, -0.1) is 11.3 Å². The highest BCUT2D eigenvalue weighted by Crippen LogP contribution is 2.34. The van der Waals surface area contributed by atoms with Crippen molar-refractivity contribution in [3.05, 3.63) is 76.2 Å². The molecular formula is C25H21N3O4S. The number of hydrogen-bond acceptors (Lipinski definition) is 6. The fraction of sp³-hybridized carbons (Fsp3) is 0.200. The standard InChI is InChI=1S/C25H21N3O4S/c1-3-27-19-11-17(9-10-20(19)32-12-21(27)29)23(30)15(2)28-14-26-24-22(25(28)31)18(13-33-24)16-7-5-4-6-8-16/h4-11,13-15H,3,12H2,1-2H3. The van der Waals surface area contributed by atoms with Crippen LogP contribution >= 0.6 is 11.3 Å². The first-order chi connectivity index (χ1) is 16.0. The van der Waals surface area contributed by atoms with Crippen molar-refractivity contribution in [3.63, 3.8) is 0 Å². The first kappa shape index (κ1) is 21.1. The first-order valence-electron chi connectivity index (χ1n) is 10.6. The zero-order chi connectivity index (χ0) is 23.1. The van der Waals surface area contributed by atoms with Gasteiger partial charge in [-0.05, 0) is 37.6 Å². The molecule has 5 rings (SSSR count). The molecule has 3 heterocycles. The monoisotopic (exact) mass is 459 g/mol. The second-order valence-electron chi connectivity index (χ2n) is 7.80. The van der Waals surface area contributed by atoms with Crippen LogP contribution in [0, 0.1) is 0 Å². The number of fused-ring (bicyclic) bond motifs is 2. The molecular weight excluding hydrogens is 438 g/mol. The molecule has 0 bridgehead atoms. The molecule has 0 fully saturated rings. The fourth-order valence-electron chi connectivity index (χ4n) is 4.12. The molecule has 0 aliphatic carbocycles. The van der Waals surface area contributed by atoms with Crippen LogP contribution in [-0.4, -0.2) is 34.4 Å². The van der Waals surface area contributed by atoms with E-state index in [9.17, 15) is 14.4 Å². The zero-order valence-electron chi connectivity index (χ0n) is 18.1. The molecule has 1 aliphatic heterocycles. The van der Waals surface area contributed by atoms with Crippen molar-refractivity contribution in [3.8, 4) is 16.9 Å². The summed E-state index contributed by atoms with van der Waals surface area (Å²) in [4.78, 5) is 45.7. The minimum atomic E-state index is -0.772. The van der Waals surface area contributed by atoms with E-state index in [2.05, 4.69) is 4.98 Å². The summed E-state index contributed by atoms with van der Waals surface area (Å²) in [6.07, 6.45) is 1.43. The molecule has 0 radical (unpaired) electrons. The van der Waals surface area contributed by atoms with Crippen molar-refractivity contribution in [1.82, 2.24) is 9.55 Å². The van der Waals surface area contributed by atoms with Gasteiger partial charge in [0.05, 0.1) is 23.4 Å². The number of rotatable bonds is 5. The van der Waals surface area contributed by atoms with Gasteiger partial charge in [-0.3, -0.25) is 19.0 Å². The Morgan fingerprint density at radius 2 is 1.97 bits per heavy atom. The van der Waals surface area contributed by atoms with Crippen LogP contribution in [-0.2, 0) is 4.79 Å². The maximum Gasteiger partial charge on any atom is 0.265 e. The first-order valence-corrected chi connectivity index (χ1v) is 11.5. The van der Waals surface area contributed by atoms with E-state index in [1.165, 1.54) is 22.2 Å². The summed E-state index contributed by atoms with van der Waals surface area (Å²) in [7, 11) is 0. The van der Waals surface area contributed by atoms with Crippen molar-refractivity contribution in [2.45, 2.75) is 19.9 Å². The van der Waals surface area contributed by atoms with Crippen LogP contribution < -0.4 is 15.2 Å². The van der Waals surface area contributed by atoms with Crippen molar-refractivity contribution in [1.29, 1.82) is 0 Å². The summed E-state index contributed by atoms with van der Waals surface area (Å²) < 4.78 is 6.87. The number of carbonyl (C=O) groups is 2. The Morgan fingerprint density at radius 1 is 1.18 bits per heavy atom. The molecule has 4 aromatic rings. The summed E-state index contributed by atoms with van der Waals surface area (Å²) in [6, 6.07) is 13.9. The molecule has 0 saturated heterocycles. The number of amides is 1. The quantitative estimate of drug-likeness (QED) is 0.415. The van der Waals surface area contributed by atoms with Gasteiger partial charge in [0.15, 0.2) is 12.4 Å². The van der Waals surface area contributed by atoms with E-state index in [-0.39, 0.29) is 23.9 Å². The maximum absolute atomic E-state index is 13.4. The van der Waals surface area contributed by atoms with Crippen molar-refractivity contribution >= 4 is 38.9 Å². The molecule has 1 unspecified atom stereocenters. The van der Waals surface area contributed by atoms with E-state index in [1.54, 1.807) is 30.0 Å². The summed E-state index contributed by atoms with van der Waals surface area (Å²) in [5.74, 6) is 0.165. The Hall–Kier alpha value is -3.78. The highest BCUT2D eigenvalue weighted by Gasteiger charge is 2.27. The lowest BCUT2D eigenvalue weighted by atomic mass is 10.0. The number of anilines is 1. The molecule has 1 amide bonds. The number of hydrogen-bond donors (Lipinski definition) is 0. The Labute approximate surface area is 193 Å². The molecule has 8 heteroatoms. The number of Topliss-reactive ketones (excluding diaryl/α,β-unsaturated/α-hetero) is 1. The summed E-state index contributed by atoms with van der Waals surface area (Å²) in [6.45, 7) is 4.01. The van der Waals surface area contributed by atoms with Gasteiger partial charge in [0.2, 0.25) is 0 Å². The molecule has 7 nitrogen and oxygen atoms in total. The van der Waals surface area contributed by atoms with E-state index < -0.39 is 6.04 Å². The van der Waals surface area contributed by atoms with Gasteiger partial charge in [0, 0.05) is 23.1 Å². The largest absolute Gasteiger partial charge is 0.482 e. The molecule has 1 aliphatic rings. The number of benzene rings is 2. The number of thiophene rings is 1. The summed E-state index contributed by atoms with van der Waals surface area (Å²) in [5, 5.41) is 2.43. The maximum atomic E-state index is 13.4. The van der Waals surface area contributed by atoms with E-state index in [4.69, 9.17) is 4.74 Å². The number of carbonyl (C=O) groups excluding carboxylic acids is 2. The minimum absolute atomic E-state index is 0.0179. The van der Waals surface area contributed by atoms with Gasteiger partial charge in [0.1, 0.15) is 10.6 Å². The molecule has 33 heavy (non-hydrogen) atoms. The third-order valence-electron chi connectivity index (χ3n) is 5.90. The SMILES string of the molecule is CCN1C(=O)COc2ccc(C(=O)C(C)n3cnc4scc(-c5ccccc5)c4c3=O)cc21. The van der Waals surface area contributed by atoms with Crippen molar-refractivity contribution in [2.24, 2.45) is 0 Å². The lowest BCUT2D eigenvalue weighted by Gasteiger charge is -2.28. The van der Waals surface area contributed by atoms with E-state index >= 15 is 0 Å². The highest BCUT2D eigenvalue weighted by molar-refractivity contribution is 7.17. The lowest BCUT2D eigenvalue weighted by Crippen LogP contribution is -2.38. The average Bonchev–Trinajstić information content (AvgIpc) is 3.29. The molecule has 0 spiro atoms. The van der Waals surface area contributed by atoms with Gasteiger partial charge >= 0.3 is 0 Å². The Balaban J connectivity index is 1.54. The van der Waals surface area contributed by atoms with Crippen molar-refractivity contribution < 1.29 is 14.3 Å². The van der Waals surface area contributed by atoms with Crippen molar-refractivity contribution in [2.75, 3.05) is 18.1 Å². The topological polar surface area (TPSA) is 81.5 Å². The molecule has 2 aromatic carbocycles. The normalized spacial score (nSPS) is 14.1. The Bertz CT molecular complexity index is 1440. The van der Waals surface area contributed by atoms with Gasteiger partial charge in [-0.2, -0.15) is 0 Å². The molecule has 2 aromatic heterocycles. The summed E-state index contributed by atoms with van der Waals surface area (Å²) in [5.41, 5.74) is 2.45. The summed E-state index contributed by atoms with van der Waals surface area (Å²) >= 11 is 1.41. The number of aromatic nitrogens is 2.